The molecule has 0 bridgehead atoms. The molecule has 0 fully saturated rings. The summed E-state index contributed by atoms with van der Waals surface area (Å²) < 4.78 is 104. The van der Waals surface area contributed by atoms with Gasteiger partial charge in [0.15, 0.2) is 0 Å². The number of hydrogen-bond acceptors (Lipinski definition) is 5. The van der Waals surface area contributed by atoms with Crippen molar-refractivity contribution in [2.45, 2.75) is 11.7 Å². The number of halogens is 6. The highest BCUT2D eigenvalue weighted by atomic mass is 32.2. The van der Waals surface area contributed by atoms with Crippen LogP contribution in [0.1, 0.15) is 15.9 Å². The number of carbonyl (C=O) groups excluding carboxylic acids is 1. The second kappa shape index (κ2) is 5.66. The Morgan fingerprint density at radius 2 is 1.59 bits per heavy atom. The van der Waals surface area contributed by atoms with Crippen LogP contribution in [0.4, 0.5) is 26.3 Å². The molecule has 0 unspecified atom stereocenters. The molecule has 0 heterocycles. The first-order valence-electron chi connectivity index (χ1n) is 5.09. The van der Waals surface area contributed by atoms with Gasteiger partial charge < -0.3 is 8.92 Å². The normalized spacial score (nSPS) is 12.9. The topological polar surface area (TPSA) is 69.7 Å². The maximum absolute atomic E-state index is 12.6. The molecule has 0 saturated heterocycles. The summed E-state index contributed by atoms with van der Waals surface area (Å²) >= 11 is 0. The molecule has 12 heteroatoms. The van der Waals surface area contributed by atoms with Gasteiger partial charge in [-0.15, -0.1) is 0 Å². The van der Waals surface area contributed by atoms with E-state index in [0.717, 1.165) is 7.11 Å². The van der Waals surface area contributed by atoms with Crippen LogP contribution in [0.3, 0.4) is 0 Å². The van der Waals surface area contributed by atoms with Gasteiger partial charge in [-0.2, -0.15) is 34.8 Å². The molecular formula is C10H6F6O5S. The van der Waals surface area contributed by atoms with Gasteiger partial charge in [0.2, 0.25) is 0 Å². The number of alkyl halides is 6. The maximum Gasteiger partial charge on any atom is 0.534 e. The van der Waals surface area contributed by atoms with Crippen LogP contribution in [0.2, 0.25) is 0 Å². The fourth-order valence-electron chi connectivity index (χ4n) is 1.22. The Kier molecular flexibility index (Phi) is 4.65. The molecule has 0 N–H and O–H groups in total. The van der Waals surface area contributed by atoms with Gasteiger partial charge in [-0.3, -0.25) is 0 Å². The first-order chi connectivity index (χ1) is 9.78. The maximum atomic E-state index is 12.6. The van der Waals surface area contributed by atoms with Crippen molar-refractivity contribution in [3.63, 3.8) is 0 Å². The van der Waals surface area contributed by atoms with Crippen molar-refractivity contribution < 1.29 is 48.5 Å². The number of carbonyl (C=O) groups is 1. The summed E-state index contributed by atoms with van der Waals surface area (Å²) in [6.45, 7) is 0. The van der Waals surface area contributed by atoms with Crippen molar-refractivity contribution in [3.8, 4) is 5.75 Å². The largest absolute Gasteiger partial charge is 0.534 e. The van der Waals surface area contributed by atoms with Crippen LogP contribution in [0.15, 0.2) is 18.2 Å². The zero-order valence-electron chi connectivity index (χ0n) is 10.4. The average Bonchev–Trinajstić information content (AvgIpc) is 2.34. The third-order valence-electron chi connectivity index (χ3n) is 2.14. The number of esters is 1. The van der Waals surface area contributed by atoms with Crippen molar-refractivity contribution in [2.75, 3.05) is 7.11 Å². The van der Waals surface area contributed by atoms with E-state index in [-0.39, 0.29) is 12.1 Å². The number of methoxy groups -OCH3 is 1. The number of ether oxygens (including phenoxy) is 1. The van der Waals surface area contributed by atoms with E-state index in [1.54, 1.807) is 0 Å². The fraction of sp³-hybridized carbons (Fsp3) is 0.300. The highest BCUT2D eigenvalue weighted by Crippen LogP contribution is 2.34. The zero-order valence-corrected chi connectivity index (χ0v) is 11.3. The Hall–Kier alpha value is -1.98. The minimum atomic E-state index is -6.18. The Balaban J connectivity index is 3.40. The lowest BCUT2D eigenvalue weighted by Crippen LogP contribution is -2.28. The summed E-state index contributed by atoms with van der Waals surface area (Å²) in [5.74, 6) is -2.65. The summed E-state index contributed by atoms with van der Waals surface area (Å²) in [4.78, 5) is 11.2. The lowest BCUT2D eigenvalue weighted by molar-refractivity contribution is -0.137. The first kappa shape index (κ1) is 18.1. The van der Waals surface area contributed by atoms with Crippen LogP contribution >= 0.6 is 0 Å². The van der Waals surface area contributed by atoms with Crippen LogP contribution in [0, 0.1) is 0 Å². The van der Waals surface area contributed by atoms with Crippen molar-refractivity contribution in [3.05, 3.63) is 29.3 Å². The van der Waals surface area contributed by atoms with Gasteiger partial charge in [-0.05, 0) is 18.2 Å². The molecule has 0 saturated carbocycles. The van der Waals surface area contributed by atoms with E-state index in [9.17, 15) is 39.6 Å². The van der Waals surface area contributed by atoms with E-state index in [0.29, 0.717) is 6.07 Å². The summed E-state index contributed by atoms with van der Waals surface area (Å²) in [6, 6.07) is 0.666. The molecule has 0 amide bonds. The molecule has 0 aromatic heterocycles. The molecule has 1 aromatic carbocycles. The molecule has 0 spiro atoms. The van der Waals surface area contributed by atoms with Crippen molar-refractivity contribution in [2.24, 2.45) is 0 Å². The molecule has 0 radical (unpaired) electrons. The van der Waals surface area contributed by atoms with E-state index >= 15 is 0 Å². The van der Waals surface area contributed by atoms with Gasteiger partial charge in [0.05, 0.1) is 18.2 Å². The van der Waals surface area contributed by atoms with Gasteiger partial charge >= 0.3 is 27.8 Å². The molecule has 22 heavy (non-hydrogen) atoms. The summed E-state index contributed by atoms with van der Waals surface area (Å²) in [7, 11) is -5.37. The van der Waals surface area contributed by atoms with Crippen LogP contribution in [0.25, 0.3) is 0 Å². The van der Waals surface area contributed by atoms with E-state index < -0.39 is 44.6 Å². The molecule has 1 aromatic rings. The third-order valence-corrected chi connectivity index (χ3v) is 3.12. The van der Waals surface area contributed by atoms with E-state index in [2.05, 4.69) is 8.92 Å². The Labute approximate surface area is 119 Å². The van der Waals surface area contributed by atoms with Gasteiger partial charge in [0.1, 0.15) is 5.75 Å². The molecule has 124 valence electrons. The zero-order chi connectivity index (χ0) is 17.3. The predicted molar refractivity (Wildman–Crippen MR) is 58.4 cm³/mol. The number of hydrogen-bond donors (Lipinski definition) is 0. The molecule has 0 aliphatic heterocycles. The predicted octanol–water partition coefficient (Wildman–Crippen LogP) is 2.72. The van der Waals surface area contributed by atoms with Gasteiger partial charge in [-0.25, -0.2) is 4.79 Å². The standard InChI is InChI=1S/C10H6F6O5S/c1-20-8(17)5-2-6(9(11,12)13)4-7(3-5)21-22(18,19)10(14,15)16/h2-4H,1H3. The Morgan fingerprint density at radius 1 is 1.05 bits per heavy atom. The average molecular weight is 352 g/mol. The molecule has 0 atom stereocenters. The lowest BCUT2D eigenvalue weighted by Gasteiger charge is -2.13. The van der Waals surface area contributed by atoms with Crippen molar-refractivity contribution >= 4 is 16.1 Å². The second-order valence-electron chi connectivity index (χ2n) is 3.72. The Bertz CT molecular complexity index is 676. The van der Waals surface area contributed by atoms with Gasteiger partial charge in [0, 0.05) is 0 Å². The number of rotatable bonds is 3. The quantitative estimate of drug-likeness (QED) is 0.362. The minimum Gasteiger partial charge on any atom is -0.465 e. The summed E-state index contributed by atoms with van der Waals surface area (Å²) in [5.41, 5.74) is -8.25. The van der Waals surface area contributed by atoms with Gasteiger partial charge in [0.25, 0.3) is 0 Å². The molecule has 0 aliphatic rings. The smallest absolute Gasteiger partial charge is 0.465 e. The van der Waals surface area contributed by atoms with Crippen LogP contribution < -0.4 is 4.18 Å². The highest BCUT2D eigenvalue weighted by Gasteiger charge is 2.48. The Morgan fingerprint density at radius 3 is 2.00 bits per heavy atom. The van der Waals surface area contributed by atoms with E-state index in [4.69, 9.17) is 0 Å². The monoisotopic (exact) mass is 352 g/mol. The summed E-state index contributed by atoms with van der Waals surface area (Å²) in [5, 5.41) is 0. The van der Waals surface area contributed by atoms with Gasteiger partial charge in [-0.1, -0.05) is 0 Å². The van der Waals surface area contributed by atoms with Crippen LogP contribution in [0.5, 0.6) is 5.75 Å². The molecule has 1 rings (SSSR count). The SMILES string of the molecule is COC(=O)c1cc(OS(=O)(=O)C(F)(F)F)cc(C(F)(F)F)c1. The van der Waals surface area contributed by atoms with Crippen LogP contribution in [-0.4, -0.2) is 27.0 Å². The fourth-order valence-corrected chi connectivity index (χ4v) is 1.66. The minimum absolute atomic E-state index is 0.00965. The first-order valence-corrected chi connectivity index (χ1v) is 6.50. The van der Waals surface area contributed by atoms with Crippen LogP contribution in [-0.2, 0) is 21.0 Å². The summed E-state index contributed by atoms with van der Waals surface area (Å²) in [6.07, 6.45) is -5.05. The second-order valence-corrected chi connectivity index (χ2v) is 5.26. The lowest BCUT2D eigenvalue weighted by atomic mass is 10.1. The van der Waals surface area contributed by atoms with E-state index in [1.165, 1.54) is 0 Å². The third kappa shape index (κ3) is 4.02. The van der Waals surface area contributed by atoms with Crippen molar-refractivity contribution in [1.82, 2.24) is 0 Å². The van der Waals surface area contributed by atoms with Crippen molar-refractivity contribution in [1.29, 1.82) is 0 Å². The van der Waals surface area contributed by atoms with E-state index in [1.807, 2.05) is 0 Å². The highest BCUT2D eigenvalue weighted by molar-refractivity contribution is 7.88. The molecular weight excluding hydrogens is 346 g/mol. The molecule has 0 aliphatic carbocycles. The molecule has 5 nitrogen and oxygen atoms in total. The number of benzene rings is 1.